The van der Waals surface area contributed by atoms with Gasteiger partial charge in [0.25, 0.3) is 0 Å². The van der Waals surface area contributed by atoms with Crippen molar-refractivity contribution >= 4 is 5.91 Å². The van der Waals surface area contributed by atoms with E-state index in [-0.39, 0.29) is 16.7 Å². The second-order valence-electron chi connectivity index (χ2n) is 9.89. The predicted octanol–water partition coefficient (Wildman–Crippen LogP) is 4.17. The molecule has 5 nitrogen and oxygen atoms in total. The molecule has 5 heteroatoms. The van der Waals surface area contributed by atoms with Gasteiger partial charge >= 0.3 is 0 Å². The highest BCUT2D eigenvalue weighted by atomic mass is 16.2. The molecule has 4 rings (SSSR count). The van der Waals surface area contributed by atoms with Crippen LogP contribution < -0.4 is 0 Å². The van der Waals surface area contributed by atoms with E-state index in [1.54, 1.807) is 0 Å². The van der Waals surface area contributed by atoms with Crippen molar-refractivity contribution in [2.24, 2.45) is 16.7 Å². The van der Waals surface area contributed by atoms with Crippen LogP contribution in [-0.4, -0.2) is 38.9 Å². The predicted molar refractivity (Wildman–Crippen MR) is 102 cm³/mol. The van der Waals surface area contributed by atoms with Crippen molar-refractivity contribution in [3.63, 3.8) is 0 Å². The third kappa shape index (κ3) is 2.87. The van der Waals surface area contributed by atoms with Gasteiger partial charge in [-0.2, -0.15) is 0 Å². The Labute approximate surface area is 157 Å². The lowest BCUT2D eigenvalue weighted by Crippen LogP contribution is -2.41. The van der Waals surface area contributed by atoms with Crippen LogP contribution in [0.5, 0.6) is 0 Å². The number of carbonyl (C=O) groups excluding carboxylic acids is 1. The summed E-state index contributed by atoms with van der Waals surface area (Å²) in [5.41, 5.74) is 1.44. The summed E-state index contributed by atoms with van der Waals surface area (Å²) >= 11 is 0. The molecule has 1 saturated heterocycles. The molecule has 2 saturated carbocycles. The highest BCUT2D eigenvalue weighted by Gasteiger charge is 2.68. The monoisotopic (exact) mass is 358 g/mol. The SMILES string of the molecule is CC1(C)C(C(=O)N2CCC(n3cc(C4CCCCC4)nn3)CC2)C1(C)C. The number of aromatic nitrogens is 3. The van der Waals surface area contributed by atoms with Crippen molar-refractivity contribution in [1.82, 2.24) is 19.9 Å². The van der Waals surface area contributed by atoms with Crippen molar-refractivity contribution in [2.45, 2.75) is 84.6 Å². The van der Waals surface area contributed by atoms with Crippen LogP contribution in [0.3, 0.4) is 0 Å². The molecule has 1 aromatic rings. The number of likely N-dealkylation sites (tertiary alicyclic amines) is 1. The Morgan fingerprint density at radius 1 is 1.00 bits per heavy atom. The molecule has 1 amide bonds. The first-order valence-corrected chi connectivity index (χ1v) is 10.5. The fourth-order valence-electron chi connectivity index (χ4n) is 5.40. The molecule has 0 radical (unpaired) electrons. The number of hydrogen-bond acceptors (Lipinski definition) is 3. The first-order chi connectivity index (χ1) is 12.3. The minimum atomic E-state index is 0.127. The first-order valence-electron chi connectivity index (χ1n) is 10.5. The molecule has 0 spiro atoms. The quantitative estimate of drug-likeness (QED) is 0.815. The molecule has 0 bridgehead atoms. The van der Waals surface area contributed by atoms with Gasteiger partial charge in [0.15, 0.2) is 0 Å². The molecular weight excluding hydrogens is 324 g/mol. The summed E-state index contributed by atoms with van der Waals surface area (Å²) in [6, 6.07) is 0.393. The molecule has 26 heavy (non-hydrogen) atoms. The van der Waals surface area contributed by atoms with Crippen LogP contribution in [-0.2, 0) is 4.79 Å². The van der Waals surface area contributed by atoms with Crippen LogP contribution in [0.4, 0.5) is 0 Å². The lowest BCUT2D eigenvalue weighted by Gasteiger charge is -2.32. The topological polar surface area (TPSA) is 51.0 Å². The van der Waals surface area contributed by atoms with E-state index in [1.165, 1.54) is 37.8 Å². The van der Waals surface area contributed by atoms with E-state index >= 15 is 0 Å². The summed E-state index contributed by atoms with van der Waals surface area (Å²) < 4.78 is 2.08. The average Bonchev–Trinajstić information content (AvgIpc) is 2.99. The van der Waals surface area contributed by atoms with Crippen LogP contribution in [0.2, 0.25) is 0 Å². The van der Waals surface area contributed by atoms with Gasteiger partial charge in [0, 0.05) is 31.1 Å². The lowest BCUT2D eigenvalue weighted by molar-refractivity contribution is -0.135. The van der Waals surface area contributed by atoms with Gasteiger partial charge < -0.3 is 4.90 Å². The maximum absolute atomic E-state index is 12.9. The van der Waals surface area contributed by atoms with Crippen LogP contribution in [0, 0.1) is 16.7 Å². The zero-order valence-corrected chi connectivity index (χ0v) is 16.9. The van der Waals surface area contributed by atoms with E-state index in [9.17, 15) is 4.79 Å². The number of carbonyl (C=O) groups is 1. The van der Waals surface area contributed by atoms with Gasteiger partial charge in [0.05, 0.1) is 11.7 Å². The average molecular weight is 359 g/mol. The van der Waals surface area contributed by atoms with Crippen molar-refractivity contribution in [2.75, 3.05) is 13.1 Å². The van der Waals surface area contributed by atoms with Gasteiger partial charge in [0.2, 0.25) is 5.91 Å². The van der Waals surface area contributed by atoms with Crippen molar-refractivity contribution < 1.29 is 4.79 Å². The second kappa shape index (κ2) is 6.35. The number of nitrogens with zero attached hydrogens (tertiary/aromatic N) is 4. The fraction of sp³-hybridized carbons (Fsp3) is 0.857. The summed E-state index contributed by atoms with van der Waals surface area (Å²) in [4.78, 5) is 15.0. The number of rotatable bonds is 3. The van der Waals surface area contributed by atoms with Crippen LogP contribution >= 0.6 is 0 Å². The normalized spacial score (nSPS) is 26.8. The fourth-order valence-corrected chi connectivity index (χ4v) is 5.40. The zero-order valence-electron chi connectivity index (χ0n) is 16.9. The number of amides is 1. The van der Waals surface area contributed by atoms with E-state index in [0.29, 0.717) is 17.9 Å². The Morgan fingerprint density at radius 3 is 2.19 bits per heavy atom. The second-order valence-corrected chi connectivity index (χ2v) is 9.89. The molecule has 3 fully saturated rings. The highest BCUT2D eigenvalue weighted by molar-refractivity contribution is 5.84. The summed E-state index contributed by atoms with van der Waals surface area (Å²) in [5, 5.41) is 8.92. The van der Waals surface area contributed by atoms with E-state index in [0.717, 1.165) is 25.9 Å². The van der Waals surface area contributed by atoms with E-state index in [2.05, 4.69) is 53.8 Å². The molecule has 1 aliphatic heterocycles. The van der Waals surface area contributed by atoms with Crippen molar-refractivity contribution in [1.29, 1.82) is 0 Å². The van der Waals surface area contributed by atoms with E-state index < -0.39 is 0 Å². The van der Waals surface area contributed by atoms with Crippen LogP contribution in [0.15, 0.2) is 6.20 Å². The van der Waals surface area contributed by atoms with Gasteiger partial charge in [-0.15, -0.1) is 5.10 Å². The molecule has 3 aliphatic rings. The largest absolute Gasteiger partial charge is 0.342 e. The molecular formula is C21H34N4O. The molecule has 2 aliphatic carbocycles. The molecule has 2 heterocycles. The van der Waals surface area contributed by atoms with Gasteiger partial charge in [-0.05, 0) is 36.5 Å². The molecule has 0 unspecified atom stereocenters. The Morgan fingerprint density at radius 2 is 1.62 bits per heavy atom. The smallest absolute Gasteiger partial charge is 0.226 e. The zero-order chi connectivity index (χ0) is 18.5. The third-order valence-electron chi connectivity index (χ3n) is 7.97. The maximum Gasteiger partial charge on any atom is 0.226 e. The van der Waals surface area contributed by atoms with Crippen molar-refractivity contribution in [3.05, 3.63) is 11.9 Å². The Hall–Kier alpha value is -1.39. The minimum Gasteiger partial charge on any atom is -0.342 e. The Kier molecular flexibility index (Phi) is 4.39. The van der Waals surface area contributed by atoms with Gasteiger partial charge in [-0.3, -0.25) is 4.79 Å². The lowest BCUT2D eigenvalue weighted by atomic mass is 9.87. The number of hydrogen-bond donors (Lipinski definition) is 0. The molecule has 0 aromatic carbocycles. The van der Waals surface area contributed by atoms with Gasteiger partial charge in [0.1, 0.15) is 0 Å². The highest BCUT2D eigenvalue weighted by Crippen LogP contribution is 2.68. The van der Waals surface area contributed by atoms with E-state index in [1.807, 2.05) is 0 Å². The van der Waals surface area contributed by atoms with Gasteiger partial charge in [-0.1, -0.05) is 52.2 Å². The molecule has 1 aromatic heterocycles. The standard InChI is InChI=1S/C21H34N4O/c1-20(2)18(21(20,3)4)19(26)24-12-10-16(11-13-24)25-14-17(22-23-25)15-8-6-5-7-9-15/h14-16,18H,5-13H2,1-4H3. The van der Waals surface area contributed by atoms with E-state index in [4.69, 9.17) is 0 Å². The molecule has 0 atom stereocenters. The summed E-state index contributed by atoms with van der Waals surface area (Å²) in [7, 11) is 0. The minimum absolute atomic E-state index is 0.127. The van der Waals surface area contributed by atoms with Crippen molar-refractivity contribution in [3.8, 4) is 0 Å². The Bertz CT molecular complexity index is 649. The third-order valence-corrected chi connectivity index (χ3v) is 7.97. The summed E-state index contributed by atoms with van der Waals surface area (Å²) in [5.74, 6) is 1.15. The molecule has 0 N–H and O–H groups in total. The summed E-state index contributed by atoms with van der Waals surface area (Å²) in [6.45, 7) is 10.6. The first kappa shape index (κ1) is 18.0. The summed E-state index contributed by atoms with van der Waals surface area (Å²) in [6.07, 6.45) is 10.7. The van der Waals surface area contributed by atoms with Crippen LogP contribution in [0.25, 0.3) is 0 Å². The number of piperidine rings is 1. The van der Waals surface area contributed by atoms with Gasteiger partial charge in [-0.25, -0.2) is 4.68 Å². The Balaban J connectivity index is 1.34. The maximum atomic E-state index is 12.9. The van der Waals surface area contributed by atoms with Crippen LogP contribution in [0.1, 0.15) is 90.3 Å². The molecule has 144 valence electrons.